The van der Waals surface area contributed by atoms with E-state index in [0.29, 0.717) is 5.82 Å². The second-order valence-corrected chi connectivity index (χ2v) is 4.72. The van der Waals surface area contributed by atoms with Crippen LogP contribution in [0.3, 0.4) is 0 Å². The molecule has 1 unspecified atom stereocenters. The van der Waals surface area contributed by atoms with E-state index < -0.39 is 0 Å². The molecule has 0 spiro atoms. The zero-order valence-electron chi connectivity index (χ0n) is 10.1. The maximum atomic E-state index is 5.91. The van der Waals surface area contributed by atoms with Crippen LogP contribution >= 0.6 is 11.6 Å². The van der Waals surface area contributed by atoms with Gasteiger partial charge in [0.1, 0.15) is 0 Å². The van der Waals surface area contributed by atoms with E-state index in [4.69, 9.17) is 16.3 Å². The minimum atomic E-state index is 0.223. The van der Waals surface area contributed by atoms with Crippen molar-refractivity contribution in [3.8, 4) is 0 Å². The largest absolute Gasteiger partial charge is 0.376 e. The molecule has 0 saturated carbocycles. The van der Waals surface area contributed by atoms with Crippen LogP contribution in [-0.2, 0) is 11.8 Å². The lowest BCUT2D eigenvalue weighted by atomic mass is 10.2. The molecule has 1 N–H and O–H groups in total. The van der Waals surface area contributed by atoms with Crippen molar-refractivity contribution in [2.75, 3.05) is 18.5 Å². The molecule has 6 nitrogen and oxygen atoms in total. The summed E-state index contributed by atoms with van der Waals surface area (Å²) in [5.74, 6) is 0.668. The Kier molecular flexibility index (Phi) is 3.05. The van der Waals surface area contributed by atoms with Gasteiger partial charge in [-0.05, 0) is 24.4 Å². The van der Waals surface area contributed by atoms with Gasteiger partial charge in [-0.25, -0.2) is 4.98 Å². The van der Waals surface area contributed by atoms with E-state index in [1.165, 1.54) is 0 Å². The maximum absolute atomic E-state index is 5.91. The topological polar surface area (TPSA) is 64.9 Å². The van der Waals surface area contributed by atoms with Crippen molar-refractivity contribution >= 4 is 28.6 Å². The third kappa shape index (κ3) is 2.13. The van der Waals surface area contributed by atoms with Crippen molar-refractivity contribution in [2.45, 2.75) is 18.9 Å². The second-order valence-electron chi connectivity index (χ2n) is 4.38. The smallest absolute Gasteiger partial charge is 0.226 e. The van der Waals surface area contributed by atoms with E-state index in [-0.39, 0.29) is 11.4 Å². The Hall–Kier alpha value is -1.40. The van der Waals surface area contributed by atoms with Gasteiger partial charge in [-0.2, -0.15) is 9.97 Å². The second kappa shape index (κ2) is 4.70. The average Bonchev–Trinajstić information content (AvgIpc) is 2.97. The van der Waals surface area contributed by atoms with Crippen LogP contribution in [0, 0.1) is 0 Å². The molecule has 1 aliphatic rings. The van der Waals surface area contributed by atoms with E-state index in [0.717, 1.165) is 37.2 Å². The Bertz CT molecular complexity index is 564. The summed E-state index contributed by atoms with van der Waals surface area (Å²) in [6, 6.07) is 0. The molecule has 2 aromatic rings. The fourth-order valence-electron chi connectivity index (χ4n) is 2.12. The molecule has 2 aromatic heterocycles. The SMILES string of the molecule is Cn1cnc2c(NCC3CCCO3)nc(Cl)nc21. The van der Waals surface area contributed by atoms with Crippen LogP contribution in [0.25, 0.3) is 11.2 Å². The molecule has 18 heavy (non-hydrogen) atoms. The fraction of sp³-hybridized carbons (Fsp3) is 0.545. The van der Waals surface area contributed by atoms with E-state index in [1.807, 2.05) is 11.6 Å². The first kappa shape index (κ1) is 11.7. The highest BCUT2D eigenvalue weighted by molar-refractivity contribution is 6.28. The van der Waals surface area contributed by atoms with Gasteiger partial charge in [0.15, 0.2) is 17.0 Å². The highest BCUT2D eigenvalue weighted by Crippen LogP contribution is 2.21. The summed E-state index contributed by atoms with van der Waals surface area (Å²) in [6.07, 6.45) is 4.15. The number of hydrogen-bond donors (Lipinski definition) is 1. The Morgan fingerprint density at radius 1 is 1.56 bits per heavy atom. The predicted molar refractivity (Wildman–Crippen MR) is 68.8 cm³/mol. The number of imidazole rings is 1. The lowest BCUT2D eigenvalue weighted by Crippen LogP contribution is -2.19. The Balaban J connectivity index is 1.85. The molecule has 7 heteroatoms. The number of fused-ring (bicyclic) bond motifs is 1. The molecule has 3 heterocycles. The molecule has 0 amide bonds. The van der Waals surface area contributed by atoms with Crippen molar-refractivity contribution in [1.29, 1.82) is 0 Å². The van der Waals surface area contributed by atoms with Gasteiger partial charge in [0.05, 0.1) is 12.4 Å². The molecule has 0 aromatic carbocycles. The third-order valence-corrected chi connectivity index (χ3v) is 3.22. The Morgan fingerprint density at radius 2 is 2.44 bits per heavy atom. The number of halogens is 1. The van der Waals surface area contributed by atoms with Crippen LogP contribution < -0.4 is 5.32 Å². The van der Waals surface area contributed by atoms with E-state index >= 15 is 0 Å². The van der Waals surface area contributed by atoms with Gasteiger partial charge in [0, 0.05) is 20.2 Å². The van der Waals surface area contributed by atoms with Crippen molar-refractivity contribution in [3.63, 3.8) is 0 Å². The molecular formula is C11H14ClN5O. The van der Waals surface area contributed by atoms with Gasteiger partial charge in [0.25, 0.3) is 0 Å². The molecule has 1 atom stereocenters. The third-order valence-electron chi connectivity index (χ3n) is 3.05. The number of nitrogens with one attached hydrogen (secondary N) is 1. The molecule has 96 valence electrons. The van der Waals surface area contributed by atoms with Crippen molar-refractivity contribution in [2.24, 2.45) is 7.05 Å². The molecule has 1 aliphatic heterocycles. The summed E-state index contributed by atoms with van der Waals surface area (Å²) in [6.45, 7) is 1.56. The molecule has 1 saturated heterocycles. The standard InChI is InChI=1S/C11H14ClN5O/c1-17-6-14-8-9(15-11(12)16-10(8)17)13-5-7-3-2-4-18-7/h6-7H,2-5H2,1H3,(H,13,15,16). The minimum absolute atomic E-state index is 0.223. The van der Waals surface area contributed by atoms with Crippen molar-refractivity contribution in [3.05, 3.63) is 11.6 Å². The molecule has 0 radical (unpaired) electrons. The van der Waals surface area contributed by atoms with Crippen LogP contribution in [0.15, 0.2) is 6.33 Å². The van der Waals surface area contributed by atoms with Gasteiger partial charge in [-0.3, -0.25) is 0 Å². The zero-order chi connectivity index (χ0) is 12.5. The number of aryl methyl sites for hydroxylation is 1. The van der Waals surface area contributed by atoms with Crippen LogP contribution in [0.2, 0.25) is 5.28 Å². The Morgan fingerprint density at radius 3 is 3.22 bits per heavy atom. The monoisotopic (exact) mass is 267 g/mol. The maximum Gasteiger partial charge on any atom is 0.226 e. The van der Waals surface area contributed by atoms with E-state index in [9.17, 15) is 0 Å². The number of rotatable bonds is 3. The number of ether oxygens (including phenoxy) is 1. The summed E-state index contributed by atoms with van der Waals surface area (Å²) in [5.41, 5.74) is 1.46. The molecular weight excluding hydrogens is 254 g/mol. The first-order valence-corrected chi connectivity index (χ1v) is 6.32. The normalized spacial score (nSPS) is 19.6. The summed E-state index contributed by atoms with van der Waals surface area (Å²) < 4.78 is 7.38. The lowest BCUT2D eigenvalue weighted by Gasteiger charge is -2.11. The zero-order valence-corrected chi connectivity index (χ0v) is 10.8. The first-order chi connectivity index (χ1) is 8.74. The van der Waals surface area contributed by atoms with Crippen molar-refractivity contribution < 1.29 is 4.74 Å². The molecule has 3 rings (SSSR count). The first-order valence-electron chi connectivity index (χ1n) is 5.94. The fourth-order valence-corrected chi connectivity index (χ4v) is 2.28. The summed E-state index contributed by atoms with van der Waals surface area (Å²) in [4.78, 5) is 12.6. The number of anilines is 1. The summed E-state index contributed by atoms with van der Waals surface area (Å²) >= 11 is 5.91. The molecule has 1 fully saturated rings. The highest BCUT2D eigenvalue weighted by atomic mass is 35.5. The molecule has 0 aliphatic carbocycles. The number of aromatic nitrogens is 4. The molecule has 0 bridgehead atoms. The van der Waals surface area contributed by atoms with Gasteiger partial charge in [-0.15, -0.1) is 0 Å². The average molecular weight is 268 g/mol. The summed E-state index contributed by atoms with van der Waals surface area (Å²) in [5, 5.41) is 3.47. The van der Waals surface area contributed by atoms with Gasteiger partial charge >= 0.3 is 0 Å². The number of nitrogens with zero attached hydrogens (tertiary/aromatic N) is 4. The van der Waals surface area contributed by atoms with Crippen molar-refractivity contribution in [1.82, 2.24) is 19.5 Å². The number of hydrogen-bond acceptors (Lipinski definition) is 5. The van der Waals surface area contributed by atoms with Crippen LogP contribution in [0.4, 0.5) is 5.82 Å². The highest BCUT2D eigenvalue weighted by Gasteiger charge is 2.17. The van der Waals surface area contributed by atoms with E-state index in [2.05, 4.69) is 20.3 Å². The van der Waals surface area contributed by atoms with Crippen LogP contribution in [0.5, 0.6) is 0 Å². The minimum Gasteiger partial charge on any atom is -0.376 e. The van der Waals surface area contributed by atoms with Gasteiger partial charge in [-0.1, -0.05) is 0 Å². The quantitative estimate of drug-likeness (QED) is 0.856. The summed E-state index contributed by atoms with van der Waals surface area (Å²) in [7, 11) is 1.88. The lowest BCUT2D eigenvalue weighted by molar-refractivity contribution is 0.120. The van der Waals surface area contributed by atoms with Crippen LogP contribution in [-0.4, -0.2) is 38.8 Å². The van der Waals surface area contributed by atoms with E-state index in [1.54, 1.807) is 6.33 Å². The van der Waals surface area contributed by atoms with Gasteiger partial charge in [0.2, 0.25) is 5.28 Å². The Labute approximate surface area is 109 Å². The van der Waals surface area contributed by atoms with Gasteiger partial charge < -0.3 is 14.6 Å². The predicted octanol–water partition coefficient (Wildman–Crippen LogP) is 1.61. The van der Waals surface area contributed by atoms with Crippen LogP contribution in [0.1, 0.15) is 12.8 Å².